The lowest BCUT2D eigenvalue weighted by molar-refractivity contribution is 0.794. The summed E-state index contributed by atoms with van der Waals surface area (Å²) in [6, 6.07) is 102. The van der Waals surface area contributed by atoms with Gasteiger partial charge >= 0.3 is 0 Å². The Labute approximate surface area is 404 Å². The second-order valence-electron chi connectivity index (χ2n) is 18.0. The third-order valence-electron chi connectivity index (χ3n) is 14.2. The molecule has 11 aromatic carbocycles. The predicted octanol–water partition coefficient (Wildman–Crippen LogP) is 18.0. The van der Waals surface area contributed by atoms with Crippen LogP contribution in [0.5, 0.6) is 0 Å². The normalized spacial score (nSPS) is 12.5. The summed E-state index contributed by atoms with van der Waals surface area (Å²) >= 11 is 0. The van der Waals surface area contributed by atoms with Crippen molar-refractivity contribution in [3.63, 3.8) is 0 Å². The lowest BCUT2D eigenvalue weighted by Crippen LogP contribution is -2.25. The van der Waals surface area contributed by atoms with Crippen molar-refractivity contribution in [2.45, 2.75) is 5.41 Å². The molecule has 0 saturated carbocycles. The number of benzene rings is 11. The molecule has 0 unspecified atom stereocenters. The first-order valence-corrected chi connectivity index (χ1v) is 23.8. The van der Waals surface area contributed by atoms with Gasteiger partial charge in [-0.05, 0) is 145 Å². The highest BCUT2D eigenvalue weighted by Crippen LogP contribution is 2.64. The molecule has 2 heteroatoms. The van der Waals surface area contributed by atoms with Crippen LogP contribution in [0, 0.1) is 0 Å². The van der Waals surface area contributed by atoms with Crippen molar-refractivity contribution in [2.75, 3.05) is 9.80 Å². The van der Waals surface area contributed by atoms with Gasteiger partial charge in [0.25, 0.3) is 0 Å². The maximum atomic E-state index is 2.41. The summed E-state index contributed by atoms with van der Waals surface area (Å²) in [4.78, 5) is 4.82. The largest absolute Gasteiger partial charge is 0.310 e. The molecule has 2 aliphatic carbocycles. The Hall–Kier alpha value is -8.98. The average molecular weight is 879 g/mol. The van der Waals surface area contributed by atoms with Gasteiger partial charge in [-0.2, -0.15) is 0 Å². The van der Waals surface area contributed by atoms with Gasteiger partial charge in [-0.15, -0.1) is 0 Å². The van der Waals surface area contributed by atoms with Gasteiger partial charge in [-0.1, -0.05) is 212 Å². The Morgan fingerprint density at radius 1 is 0.203 bits per heavy atom. The van der Waals surface area contributed by atoms with Crippen LogP contribution in [-0.4, -0.2) is 0 Å². The van der Waals surface area contributed by atoms with E-state index < -0.39 is 5.41 Å². The van der Waals surface area contributed by atoms with E-state index in [-0.39, 0.29) is 0 Å². The fraction of sp³-hybridized carbons (Fsp3) is 0.0149. The molecule has 0 saturated heterocycles. The Kier molecular flexibility index (Phi) is 9.77. The van der Waals surface area contributed by atoms with Gasteiger partial charge in [0.15, 0.2) is 0 Å². The van der Waals surface area contributed by atoms with E-state index in [1.165, 1.54) is 72.3 Å². The molecule has 69 heavy (non-hydrogen) atoms. The van der Waals surface area contributed by atoms with Crippen LogP contribution in [0.4, 0.5) is 34.1 Å². The van der Waals surface area contributed by atoms with E-state index in [9.17, 15) is 0 Å². The summed E-state index contributed by atoms with van der Waals surface area (Å²) in [5.74, 6) is 0. The van der Waals surface area contributed by atoms with Crippen LogP contribution in [0.1, 0.15) is 22.3 Å². The molecule has 0 aromatic heterocycles. The number of para-hydroxylation sites is 2. The van der Waals surface area contributed by atoms with E-state index in [0.717, 1.165) is 39.7 Å². The summed E-state index contributed by atoms with van der Waals surface area (Å²) in [6.07, 6.45) is 0. The number of fused-ring (bicyclic) bond motifs is 10. The van der Waals surface area contributed by atoms with Crippen molar-refractivity contribution < 1.29 is 0 Å². The number of anilines is 6. The predicted molar refractivity (Wildman–Crippen MR) is 288 cm³/mol. The van der Waals surface area contributed by atoms with Gasteiger partial charge < -0.3 is 9.80 Å². The van der Waals surface area contributed by atoms with Crippen LogP contribution in [0.3, 0.4) is 0 Å². The van der Waals surface area contributed by atoms with Gasteiger partial charge in [0, 0.05) is 34.1 Å². The van der Waals surface area contributed by atoms with Crippen LogP contribution in [0.2, 0.25) is 0 Å². The second kappa shape index (κ2) is 16.7. The van der Waals surface area contributed by atoms with Crippen molar-refractivity contribution in [1.82, 2.24) is 0 Å². The fourth-order valence-electron chi connectivity index (χ4n) is 11.3. The van der Waals surface area contributed by atoms with Crippen LogP contribution in [0.15, 0.2) is 279 Å². The average Bonchev–Trinajstić information content (AvgIpc) is 3.90. The molecule has 0 aliphatic heterocycles. The van der Waals surface area contributed by atoms with Crippen molar-refractivity contribution >= 4 is 34.1 Å². The van der Waals surface area contributed by atoms with Crippen LogP contribution < -0.4 is 9.80 Å². The first kappa shape index (κ1) is 40.3. The van der Waals surface area contributed by atoms with Crippen molar-refractivity contribution in [3.05, 3.63) is 301 Å². The molecule has 0 fully saturated rings. The molecular formula is C67H46N2. The molecule has 0 N–H and O–H groups in total. The number of hydrogen-bond acceptors (Lipinski definition) is 2. The van der Waals surface area contributed by atoms with E-state index >= 15 is 0 Å². The van der Waals surface area contributed by atoms with E-state index in [2.05, 4.69) is 289 Å². The van der Waals surface area contributed by atoms with Gasteiger partial charge in [-0.3, -0.25) is 0 Å². The quantitative estimate of drug-likeness (QED) is 0.143. The van der Waals surface area contributed by atoms with Gasteiger partial charge in [0.1, 0.15) is 0 Å². The highest BCUT2D eigenvalue weighted by atomic mass is 15.2. The highest BCUT2D eigenvalue weighted by Gasteiger charge is 2.52. The molecule has 324 valence electrons. The summed E-state index contributed by atoms with van der Waals surface area (Å²) in [7, 11) is 0. The third kappa shape index (κ3) is 6.64. The molecule has 0 amide bonds. The van der Waals surface area contributed by atoms with Gasteiger partial charge in [-0.25, -0.2) is 0 Å². The molecule has 11 aromatic rings. The summed E-state index contributed by atoms with van der Waals surface area (Å²) < 4.78 is 0. The maximum Gasteiger partial charge on any atom is 0.0725 e. The van der Waals surface area contributed by atoms with Crippen molar-refractivity contribution in [1.29, 1.82) is 0 Å². The monoisotopic (exact) mass is 878 g/mol. The molecule has 13 rings (SSSR count). The lowest BCUT2D eigenvalue weighted by Gasteiger charge is -2.31. The van der Waals surface area contributed by atoms with Crippen molar-refractivity contribution in [2.24, 2.45) is 0 Å². The van der Waals surface area contributed by atoms with Gasteiger partial charge in [0.05, 0.1) is 5.41 Å². The number of rotatable bonds is 9. The van der Waals surface area contributed by atoms with Crippen LogP contribution in [-0.2, 0) is 5.41 Å². The van der Waals surface area contributed by atoms with Crippen LogP contribution >= 0.6 is 0 Å². The Morgan fingerprint density at radius 3 is 1.00 bits per heavy atom. The van der Waals surface area contributed by atoms with Crippen molar-refractivity contribution in [3.8, 4) is 55.6 Å². The molecule has 2 aliphatic rings. The maximum absolute atomic E-state index is 2.41. The molecular weight excluding hydrogens is 833 g/mol. The molecule has 0 heterocycles. The zero-order valence-corrected chi connectivity index (χ0v) is 38.0. The minimum absolute atomic E-state index is 0.456. The smallest absolute Gasteiger partial charge is 0.0725 e. The fourth-order valence-corrected chi connectivity index (χ4v) is 11.3. The Balaban J connectivity index is 1.07. The minimum Gasteiger partial charge on any atom is -0.310 e. The molecule has 2 nitrogen and oxygen atoms in total. The molecule has 1 spiro atoms. The topological polar surface area (TPSA) is 6.48 Å². The third-order valence-corrected chi connectivity index (χ3v) is 14.2. The number of nitrogens with zero attached hydrogens (tertiary/aromatic N) is 2. The molecule has 0 radical (unpaired) electrons. The second-order valence-corrected chi connectivity index (χ2v) is 18.0. The number of hydrogen-bond donors (Lipinski definition) is 0. The zero-order chi connectivity index (χ0) is 45.7. The van der Waals surface area contributed by atoms with Gasteiger partial charge in [0.2, 0.25) is 0 Å². The van der Waals surface area contributed by atoms with E-state index in [1.807, 2.05) is 0 Å². The Bertz CT molecular complexity index is 3450. The molecule has 0 bridgehead atoms. The minimum atomic E-state index is -0.456. The first-order chi connectivity index (χ1) is 34.2. The summed E-state index contributed by atoms with van der Waals surface area (Å²) in [6.45, 7) is 0. The SMILES string of the molecule is c1ccc(-c2ccc(N(c3ccccc3)c3cc(-c4cccc5c4-c4ccccc4C54c5ccccc5-c5ccccc54)cc(N(c4ccccc4)c4ccc(-c5ccccc5)cc4)c3)cc2)cc1. The standard InChI is InChI=1S/C67H46N2/c1-5-20-47(21-6-1)49-36-40-54(41-37-49)68(52-24-9-3-10-25-52)56-44-51(45-57(46-56)69(53-26-11-4-12-27-53)55-42-38-50(39-43-55)48-22-7-2-8-23-48)58-31-19-35-65-66(58)61-30-15-18-34-64(61)67(65)62-32-16-13-28-59(62)60-29-14-17-33-63(60)67/h1-46H. The van der Waals surface area contributed by atoms with E-state index in [1.54, 1.807) is 0 Å². The van der Waals surface area contributed by atoms with Crippen LogP contribution in [0.25, 0.3) is 55.6 Å². The molecule has 0 atom stereocenters. The highest BCUT2D eigenvalue weighted by molar-refractivity contribution is 6.01. The van der Waals surface area contributed by atoms with E-state index in [4.69, 9.17) is 0 Å². The summed E-state index contributed by atoms with van der Waals surface area (Å²) in [5.41, 5.74) is 23.5. The Morgan fingerprint density at radius 2 is 0.536 bits per heavy atom. The first-order valence-electron chi connectivity index (χ1n) is 23.8. The zero-order valence-electron chi connectivity index (χ0n) is 38.0. The van der Waals surface area contributed by atoms with E-state index in [0.29, 0.717) is 0 Å². The summed E-state index contributed by atoms with van der Waals surface area (Å²) in [5, 5.41) is 0. The lowest BCUT2D eigenvalue weighted by atomic mass is 9.70.